The first kappa shape index (κ1) is 14.0. The minimum absolute atomic E-state index is 0.0517. The van der Waals surface area contributed by atoms with E-state index in [0.717, 1.165) is 5.56 Å². The molecule has 0 radical (unpaired) electrons. The van der Waals surface area contributed by atoms with Crippen LogP contribution in [0.25, 0.3) is 0 Å². The molecule has 6 heteroatoms. The Labute approximate surface area is 119 Å². The van der Waals surface area contributed by atoms with E-state index >= 15 is 0 Å². The summed E-state index contributed by atoms with van der Waals surface area (Å²) in [7, 11) is 0. The molecule has 0 saturated carbocycles. The third-order valence-corrected chi connectivity index (χ3v) is 3.84. The number of amides is 1. The fourth-order valence-corrected chi connectivity index (χ4v) is 2.88. The summed E-state index contributed by atoms with van der Waals surface area (Å²) < 4.78 is 0.628. The minimum Gasteiger partial charge on any atom is -0.480 e. The summed E-state index contributed by atoms with van der Waals surface area (Å²) >= 11 is 3.31. The first-order valence-corrected chi connectivity index (χ1v) is 6.67. The van der Waals surface area contributed by atoms with Crippen LogP contribution >= 0.6 is 15.9 Å². The Kier molecular flexibility index (Phi) is 3.91. The Bertz CT molecular complexity index is 531. The van der Waals surface area contributed by atoms with Gasteiger partial charge in [0.25, 0.3) is 5.91 Å². The fraction of sp³-hybridized carbons (Fsp3) is 0.385. The SMILES string of the molecule is Cc1ccc(C(=O)N2C[C@H](O)C[C@H]2C(=O)O)c(Br)c1. The zero-order valence-electron chi connectivity index (χ0n) is 10.3. The van der Waals surface area contributed by atoms with Crippen molar-refractivity contribution in [3.63, 3.8) is 0 Å². The van der Waals surface area contributed by atoms with Gasteiger partial charge in [-0.05, 0) is 40.5 Å². The van der Waals surface area contributed by atoms with Crippen molar-refractivity contribution in [2.45, 2.75) is 25.5 Å². The Morgan fingerprint density at radius 3 is 2.68 bits per heavy atom. The molecule has 102 valence electrons. The van der Waals surface area contributed by atoms with Crippen LogP contribution < -0.4 is 0 Å². The number of aliphatic hydroxyl groups excluding tert-OH is 1. The maximum Gasteiger partial charge on any atom is 0.326 e. The predicted molar refractivity (Wildman–Crippen MR) is 72.0 cm³/mol. The predicted octanol–water partition coefficient (Wildman–Crippen LogP) is 1.42. The molecule has 0 unspecified atom stereocenters. The second-order valence-electron chi connectivity index (χ2n) is 4.68. The molecule has 1 aromatic rings. The molecule has 1 aromatic carbocycles. The monoisotopic (exact) mass is 327 g/mol. The van der Waals surface area contributed by atoms with Gasteiger partial charge in [0.1, 0.15) is 6.04 Å². The molecular formula is C13H14BrNO4. The standard InChI is InChI=1S/C13H14BrNO4/c1-7-2-3-9(10(14)4-7)12(17)15-6-8(16)5-11(15)13(18)19/h2-4,8,11,16H,5-6H2,1H3,(H,18,19)/t8-,11+/m1/s1. The fourth-order valence-electron chi connectivity index (χ4n) is 2.22. The van der Waals surface area contributed by atoms with Crippen molar-refractivity contribution in [3.05, 3.63) is 33.8 Å². The van der Waals surface area contributed by atoms with Crippen LogP contribution in [0.4, 0.5) is 0 Å². The molecule has 1 saturated heterocycles. The van der Waals surface area contributed by atoms with Crippen LogP contribution in [0.2, 0.25) is 0 Å². The quantitative estimate of drug-likeness (QED) is 0.861. The Morgan fingerprint density at radius 2 is 2.11 bits per heavy atom. The van der Waals surface area contributed by atoms with E-state index < -0.39 is 18.1 Å². The van der Waals surface area contributed by atoms with Crippen molar-refractivity contribution in [3.8, 4) is 0 Å². The molecule has 0 aromatic heterocycles. The van der Waals surface area contributed by atoms with Gasteiger partial charge in [-0.25, -0.2) is 4.79 Å². The van der Waals surface area contributed by atoms with Gasteiger partial charge in [0.15, 0.2) is 0 Å². The van der Waals surface area contributed by atoms with Gasteiger partial charge in [-0.3, -0.25) is 4.79 Å². The van der Waals surface area contributed by atoms with Crippen molar-refractivity contribution in [1.82, 2.24) is 4.90 Å². The molecule has 0 bridgehead atoms. The Morgan fingerprint density at radius 1 is 1.42 bits per heavy atom. The van der Waals surface area contributed by atoms with E-state index in [1.165, 1.54) is 4.90 Å². The molecule has 1 heterocycles. The lowest BCUT2D eigenvalue weighted by molar-refractivity contribution is -0.141. The number of aryl methyl sites for hydroxylation is 1. The molecule has 0 spiro atoms. The maximum atomic E-state index is 12.4. The Balaban J connectivity index is 2.30. The highest BCUT2D eigenvalue weighted by Crippen LogP contribution is 2.25. The van der Waals surface area contributed by atoms with Gasteiger partial charge >= 0.3 is 5.97 Å². The maximum absolute atomic E-state index is 12.4. The third kappa shape index (κ3) is 2.79. The number of carboxylic acid groups (broad SMARTS) is 1. The van der Waals surface area contributed by atoms with Gasteiger partial charge in [0.2, 0.25) is 0 Å². The number of aliphatic carboxylic acids is 1. The van der Waals surface area contributed by atoms with Crippen LogP contribution in [0.15, 0.2) is 22.7 Å². The topological polar surface area (TPSA) is 77.8 Å². The minimum atomic E-state index is -1.09. The van der Waals surface area contributed by atoms with E-state index in [9.17, 15) is 14.7 Å². The molecule has 19 heavy (non-hydrogen) atoms. The molecule has 1 fully saturated rings. The Hall–Kier alpha value is -1.40. The normalized spacial score (nSPS) is 22.6. The molecule has 1 aliphatic heterocycles. The molecular weight excluding hydrogens is 314 g/mol. The van der Waals surface area contributed by atoms with E-state index in [1.807, 2.05) is 6.92 Å². The van der Waals surface area contributed by atoms with Crippen LogP contribution in [0.3, 0.4) is 0 Å². The van der Waals surface area contributed by atoms with E-state index in [0.29, 0.717) is 10.0 Å². The van der Waals surface area contributed by atoms with E-state index in [1.54, 1.807) is 18.2 Å². The molecule has 0 aliphatic carbocycles. The highest BCUT2D eigenvalue weighted by molar-refractivity contribution is 9.10. The van der Waals surface area contributed by atoms with E-state index in [4.69, 9.17) is 5.11 Å². The average molecular weight is 328 g/mol. The average Bonchev–Trinajstić information content (AvgIpc) is 2.70. The first-order valence-electron chi connectivity index (χ1n) is 5.88. The molecule has 1 aliphatic rings. The van der Waals surface area contributed by atoms with Crippen LogP contribution in [-0.4, -0.2) is 45.7 Å². The van der Waals surface area contributed by atoms with Gasteiger partial charge < -0.3 is 15.1 Å². The van der Waals surface area contributed by atoms with Crippen LogP contribution in [0.5, 0.6) is 0 Å². The van der Waals surface area contributed by atoms with Crippen LogP contribution in [0.1, 0.15) is 22.3 Å². The van der Waals surface area contributed by atoms with Crippen molar-refractivity contribution < 1.29 is 19.8 Å². The summed E-state index contributed by atoms with van der Waals surface area (Å²) in [5.41, 5.74) is 1.41. The largest absolute Gasteiger partial charge is 0.480 e. The van der Waals surface area contributed by atoms with Crippen molar-refractivity contribution in [1.29, 1.82) is 0 Å². The number of carbonyl (C=O) groups is 2. The van der Waals surface area contributed by atoms with E-state index in [2.05, 4.69) is 15.9 Å². The molecule has 1 amide bonds. The third-order valence-electron chi connectivity index (χ3n) is 3.18. The van der Waals surface area contributed by atoms with Gasteiger partial charge in [0.05, 0.1) is 11.7 Å². The molecule has 2 atom stereocenters. The first-order chi connectivity index (χ1) is 8.90. The lowest BCUT2D eigenvalue weighted by Gasteiger charge is -2.21. The van der Waals surface area contributed by atoms with Gasteiger partial charge in [0, 0.05) is 17.4 Å². The van der Waals surface area contributed by atoms with E-state index in [-0.39, 0.29) is 18.9 Å². The van der Waals surface area contributed by atoms with Crippen LogP contribution in [-0.2, 0) is 4.79 Å². The summed E-state index contributed by atoms with van der Waals surface area (Å²) in [5, 5.41) is 18.7. The number of benzene rings is 1. The lowest BCUT2D eigenvalue weighted by atomic mass is 10.1. The summed E-state index contributed by atoms with van der Waals surface area (Å²) in [6.07, 6.45) is -0.709. The smallest absolute Gasteiger partial charge is 0.326 e. The zero-order valence-corrected chi connectivity index (χ0v) is 11.9. The number of β-amino-alcohol motifs (C(OH)–C–C–N with tert-alkyl or cyclic N) is 1. The molecule has 2 N–H and O–H groups in total. The number of halogens is 1. The highest BCUT2D eigenvalue weighted by atomic mass is 79.9. The molecule has 2 rings (SSSR count). The second kappa shape index (κ2) is 5.30. The number of carbonyl (C=O) groups excluding carboxylic acids is 1. The number of nitrogens with zero attached hydrogens (tertiary/aromatic N) is 1. The van der Waals surface area contributed by atoms with Crippen molar-refractivity contribution >= 4 is 27.8 Å². The summed E-state index contributed by atoms with van der Waals surface area (Å²) in [5.74, 6) is -1.47. The van der Waals surface area contributed by atoms with Crippen molar-refractivity contribution in [2.75, 3.05) is 6.54 Å². The lowest BCUT2D eigenvalue weighted by Crippen LogP contribution is -2.40. The second-order valence-corrected chi connectivity index (χ2v) is 5.54. The summed E-state index contributed by atoms with van der Waals surface area (Å²) in [6.45, 7) is 1.95. The summed E-state index contributed by atoms with van der Waals surface area (Å²) in [4.78, 5) is 24.7. The van der Waals surface area contributed by atoms with Gasteiger partial charge in [-0.1, -0.05) is 6.07 Å². The van der Waals surface area contributed by atoms with Crippen molar-refractivity contribution in [2.24, 2.45) is 0 Å². The van der Waals surface area contributed by atoms with Gasteiger partial charge in [-0.2, -0.15) is 0 Å². The number of hydrogen-bond donors (Lipinski definition) is 2. The number of aliphatic hydroxyl groups is 1. The number of hydrogen-bond acceptors (Lipinski definition) is 3. The zero-order chi connectivity index (χ0) is 14.2. The molecule has 5 nitrogen and oxygen atoms in total. The number of likely N-dealkylation sites (tertiary alicyclic amines) is 1. The summed E-state index contributed by atoms with van der Waals surface area (Å²) in [6, 6.07) is 4.29. The van der Waals surface area contributed by atoms with Gasteiger partial charge in [-0.15, -0.1) is 0 Å². The number of carboxylic acids is 1. The number of rotatable bonds is 2. The van der Waals surface area contributed by atoms with Crippen LogP contribution in [0, 0.1) is 6.92 Å². The highest BCUT2D eigenvalue weighted by Gasteiger charge is 2.39.